The zero-order valence-electron chi connectivity index (χ0n) is 16.0. The van der Waals surface area contributed by atoms with Crippen LogP contribution >= 0.6 is 0 Å². The van der Waals surface area contributed by atoms with Crippen LogP contribution < -0.4 is 15.9 Å². The van der Waals surface area contributed by atoms with E-state index in [9.17, 15) is 15.3 Å². The highest BCUT2D eigenvalue weighted by atomic mass is 16.6. The second-order valence-electron chi connectivity index (χ2n) is 6.61. The van der Waals surface area contributed by atoms with Crippen LogP contribution in [0.25, 0.3) is 11.2 Å². The topological polar surface area (TPSA) is 173 Å². The van der Waals surface area contributed by atoms with Gasteiger partial charge in [0.2, 0.25) is 5.95 Å². The van der Waals surface area contributed by atoms with Crippen LogP contribution in [0.5, 0.6) is 5.75 Å². The van der Waals surface area contributed by atoms with Crippen LogP contribution in [0.4, 0.5) is 11.8 Å². The van der Waals surface area contributed by atoms with Gasteiger partial charge in [0.1, 0.15) is 30.4 Å². The molecule has 1 aliphatic heterocycles. The zero-order chi connectivity index (χ0) is 21.3. The first-order chi connectivity index (χ1) is 14.5. The second kappa shape index (κ2) is 8.20. The van der Waals surface area contributed by atoms with Crippen molar-refractivity contribution in [3.05, 3.63) is 36.2 Å². The predicted molar refractivity (Wildman–Crippen MR) is 107 cm³/mol. The minimum absolute atomic E-state index is 0.132. The summed E-state index contributed by atoms with van der Waals surface area (Å²) in [5, 5.41) is 34.1. The van der Waals surface area contributed by atoms with Crippen molar-refractivity contribution in [2.45, 2.75) is 24.5 Å². The van der Waals surface area contributed by atoms with E-state index < -0.39 is 31.1 Å². The summed E-state index contributed by atoms with van der Waals surface area (Å²) in [6, 6.07) is 7.24. The van der Waals surface area contributed by atoms with Crippen LogP contribution in [-0.4, -0.2) is 73.1 Å². The largest absolute Gasteiger partial charge is 0.497 e. The summed E-state index contributed by atoms with van der Waals surface area (Å²) in [4.78, 5) is 12.4. The van der Waals surface area contributed by atoms with Crippen LogP contribution in [0, 0.1) is 0 Å². The highest BCUT2D eigenvalue weighted by Gasteiger charge is 2.45. The molecule has 0 unspecified atom stereocenters. The molecule has 3 aromatic rings. The summed E-state index contributed by atoms with van der Waals surface area (Å²) in [6.07, 6.45) is -1.83. The van der Waals surface area contributed by atoms with Crippen LogP contribution in [-0.2, 0) is 4.74 Å². The monoisotopic (exact) mass is 415 g/mol. The molecule has 1 aromatic carbocycles. The number of aliphatic hydroxyl groups is 3. The molecular formula is C18H21N7O5. The Morgan fingerprint density at radius 1 is 1.27 bits per heavy atom. The molecule has 158 valence electrons. The van der Waals surface area contributed by atoms with E-state index in [4.69, 9.17) is 15.2 Å². The minimum atomic E-state index is -1.33. The van der Waals surface area contributed by atoms with Gasteiger partial charge in [-0.1, -0.05) is 0 Å². The molecule has 1 fully saturated rings. The van der Waals surface area contributed by atoms with Crippen molar-refractivity contribution in [1.29, 1.82) is 0 Å². The van der Waals surface area contributed by atoms with Crippen LogP contribution in [0.2, 0.25) is 0 Å². The van der Waals surface area contributed by atoms with Gasteiger partial charge in [0.15, 0.2) is 23.2 Å². The Balaban J connectivity index is 1.68. The molecule has 12 nitrogen and oxygen atoms in total. The first kappa shape index (κ1) is 20.0. The van der Waals surface area contributed by atoms with E-state index in [1.807, 2.05) is 12.1 Å². The number of anilines is 2. The van der Waals surface area contributed by atoms with Crippen LogP contribution in [0.1, 0.15) is 11.8 Å². The molecule has 6 N–H and O–H groups in total. The van der Waals surface area contributed by atoms with Crippen molar-refractivity contribution in [1.82, 2.24) is 19.5 Å². The van der Waals surface area contributed by atoms with E-state index in [0.717, 1.165) is 11.3 Å². The number of nitrogens with one attached hydrogen (secondary N) is 1. The maximum absolute atomic E-state index is 10.4. The van der Waals surface area contributed by atoms with Gasteiger partial charge in [0, 0.05) is 0 Å². The number of imidazole rings is 1. The molecule has 0 aliphatic carbocycles. The summed E-state index contributed by atoms with van der Waals surface area (Å²) in [6.45, 7) is -0.461. The van der Waals surface area contributed by atoms with Gasteiger partial charge >= 0.3 is 0 Å². The average Bonchev–Trinajstić information content (AvgIpc) is 3.26. The molecule has 0 spiro atoms. The van der Waals surface area contributed by atoms with Gasteiger partial charge < -0.3 is 30.5 Å². The lowest BCUT2D eigenvalue weighted by molar-refractivity contribution is -0.0501. The SMILES string of the molecule is COc1ccc(/C=N/Nc2nc3c(N)ncnc3n2[C@@H]2O[C@H](CO)[C@@H](O)[C@@H]2O)cc1. The summed E-state index contributed by atoms with van der Waals surface area (Å²) in [7, 11) is 1.58. The number of hydrazone groups is 1. The van der Waals surface area contributed by atoms with E-state index in [0.29, 0.717) is 0 Å². The van der Waals surface area contributed by atoms with Gasteiger partial charge in [0.25, 0.3) is 0 Å². The molecule has 3 heterocycles. The molecular weight excluding hydrogens is 394 g/mol. The fourth-order valence-electron chi connectivity index (χ4n) is 3.19. The molecule has 0 amide bonds. The highest BCUT2D eigenvalue weighted by Crippen LogP contribution is 2.35. The fourth-order valence-corrected chi connectivity index (χ4v) is 3.19. The molecule has 0 radical (unpaired) electrons. The maximum Gasteiger partial charge on any atom is 0.228 e. The first-order valence-electron chi connectivity index (χ1n) is 9.07. The normalized spacial score (nSPS) is 24.0. The van der Waals surface area contributed by atoms with Crippen LogP contribution in [0.15, 0.2) is 35.7 Å². The molecule has 0 bridgehead atoms. The number of nitrogen functional groups attached to an aromatic ring is 1. The summed E-state index contributed by atoms with van der Waals surface area (Å²) in [5.74, 6) is 1.02. The standard InChI is InChI=1S/C18H21N7O5/c1-29-10-4-2-9(3-5-10)6-22-24-18-23-12-15(19)20-8-21-16(12)25(18)17-14(28)13(27)11(7-26)30-17/h2-6,8,11,13-14,17,26-28H,7H2,1H3,(H,23,24)(H2,19,20,21)/b22-6+/t11-,13-,14+,17-/m1/s1. The Bertz CT molecular complexity index is 1060. The van der Waals surface area contributed by atoms with Crippen molar-refractivity contribution in [3.8, 4) is 5.75 Å². The molecule has 12 heteroatoms. The lowest BCUT2D eigenvalue weighted by Gasteiger charge is -2.18. The molecule has 1 aliphatic rings. The zero-order valence-corrected chi connectivity index (χ0v) is 16.0. The first-order valence-corrected chi connectivity index (χ1v) is 9.07. The van der Waals surface area contributed by atoms with Crippen molar-refractivity contribution >= 4 is 29.1 Å². The van der Waals surface area contributed by atoms with Gasteiger partial charge in [-0.3, -0.25) is 4.57 Å². The number of methoxy groups -OCH3 is 1. The van der Waals surface area contributed by atoms with Crippen molar-refractivity contribution in [3.63, 3.8) is 0 Å². The number of fused-ring (bicyclic) bond motifs is 1. The Kier molecular flexibility index (Phi) is 5.46. The smallest absolute Gasteiger partial charge is 0.228 e. The quantitative estimate of drug-likeness (QED) is 0.260. The molecule has 2 aromatic heterocycles. The number of nitrogens with zero attached hydrogens (tertiary/aromatic N) is 5. The minimum Gasteiger partial charge on any atom is -0.497 e. The lowest BCUT2D eigenvalue weighted by atomic mass is 10.1. The number of nitrogens with two attached hydrogens (primary N) is 1. The number of benzene rings is 1. The number of ether oxygens (including phenoxy) is 2. The summed E-state index contributed by atoms with van der Waals surface area (Å²) in [5.41, 5.74) is 10.0. The van der Waals surface area contributed by atoms with Crippen molar-refractivity contribution in [2.24, 2.45) is 5.10 Å². The third kappa shape index (κ3) is 3.52. The fraction of sp³-hybridized carbons (Fsp3) is 0.333. The summed E-state index contributed by atoms with van der Waals surface area (Å²) >= 11 is 0. The summed E-state index contributed by atoms with van der Waals surface area (Å²) < 4.78 is 12.2. The molecule has 4 rings (SSSR count). The van der Waals surface area contributed by atoms with E-state index in [-0.39, 0.29) is 22.9 Å². The van der Waals surface area contributed by atoms with Gasteiger partial charge in [-0.25, -0.2) is 20.4 Å². The number of aromatic nitrogens is 4. The molecule has 30 heavy (non-hydrogen) atoms. The van der Waals surface area contributed by atoms with E-state index in [2.05, 4.69) is 25.5 Å². The molecule has 1 saturated heterocycles. The van der Waals surface area contributed by atoms with Gasteiger partial charge in [0.05, 0.1) is 19.9 Å². The predicted octanol–water partition coefficient (Wildman–Crippen LogP) is -0.525. The third-order valence-electron chi connectivity index (χ3n) is 4.77. The van der Waals surface area contributed by atoms with E-state index in [1.165, 1.54) is 10.9 Å². The average molecular weight is 415 g/mol. The van der Waals surface area contributed by atoms with E-state index in [1.54, 1.807) is 25.5 Å². The van der Waals surface area contributed by atoms with Crippen LogP contribution in [0.3, 0.4) is 0 Å². The number of rotatable bonds is 6. The number of hydrogen-bond acceptors (Lipinski definition) is 11. The Morgan fingerprint density at radius 2 is 2.03 bits per heavy atom. The Hall–Kier alpha value is -3.32. The third-order valence-corrected chi connectivity index (χ3v) is 4.77. The van der Waals surface area contributed by atoms with Crippen molar-refractivity contribution < 1.29 is 24.8 Å². The Labute approximate surface area is 170 Å². The molecule has 0 saturated carbocycles. The van der Waals surface area contributed by atoms with E-state index >= 15 is 0 Å². The maximum atomic E-state index is 10.4. The number of aliphatic hydroxyl groups excluding tert-OH is 3. The second-order valence-corrected chi connectivity index (χ2v) is 6.61. The van der Waals surface area contributed by atoms with Crippen molar-refractivity contribution in [2.75, 3.05) is 24.9 Å². The highest BCUT2D eigenvalue weighted by molar-refractivity contribution is 5.84. The molecule has 4 atom stereocenters. The van der Waals surface area contributed by atoms with Gasteiger partial charge in [-0.2, -0.15) is 5.10 Å². The van der Waals surface area contributed by atoms with Gasteiger partial charge in [-0.05, 0) is 29.8 Å². The van der Waals surface area contributed by atoms with Gasteiger partial charge in [-0.15, -0.1) is 0 Å². The lowest BCUT2D eigenvalue weighted by Crippen LogP contribution is -2.33. The Morgan fingerprint density at radius 3 is 2.70 bits per heavy atom. The number of hydrogen-bond donors (Lipinski definition) is 5.